The first-order valence-corrected chi connectivity index (χ1v) is 8.58. The highest BCUT2D eigenvalue weighted by Gasteiger charge is 2.27. The van der Waals surface area contributed by atoms with Gasteiger partial charge in [0.25, 0.3) is 0 Å². The maximum atomic E-state index is 3.65. The quantitative estimate of drug-likeness (QED) is 0.751. The van der Waals surface area contributed by atoms with Gasteiger partial charge >= 0.3 is 0 Å². The molecule has 1 N–H and O–H groups in total. The van der Waals surface area contributed by atoms with Gasteiger partial charge in [-0.05, 0) is 60.5 Å². The van der Waals surface area contributed by atoms with E-state index >= 15 is 0 Å². The first-order valence-electron chi connectivity index (χ1n) is 8.58. The Morgan fingerprint density at radius 2 is 1.81 bits per heavy atom. The van der Waals surface area contributed by atoms with E-state index in [2.05, 4.69) is 54.7 Å². The van der Waals surface area contributed by atoms with Crippen molar-refractivity contribution < 1.29 is 0 Å². The Kier molecular flexibility index (Phi) is 4.92. The molecule has 2 atom stereocenters. The van der Waals surface area contributed by atoms with Gasteiger partial charge in [-0.3, -0.25) is 0 Å². The Bertz CT molecular complexity index is 570. The highest BCUT2D eigenvalue weighted by Crippen LogP contribution is 2.40. The van der Waals surface area contributed by atoms with Crippen LogP contribution in [0.25, 0.3) is 10.8 Å². The molecule has 2 aromatic rings. The summed E-state index contributed by atoms with van der Waals surface area (Å²) < 4.78 is 0. The van der Waals surface area contributed by atoms with Gasteiger partial charge in [-0.25, -0.2) is 0 Å². The first kappa shape index (κ1) is 14.6. The molecule has 0 spiro atoms. The van der Waals surface area contributed by atoms with Crippen molar-refractivity contribution in [1.82, 2.24) is 5.32 Å². The van der Waals surface area contributed by atoms with E-state index in [1.165, 1.54) is 49.4 Å². The van der Waals surface area contributed by atoms with E-state index in [0.29, 0.717) is 0 Å². The molecule has 21 heavy (non-hydrogen) atoms. The minimum Gasteiger partial charge on any atom is -0.316 e. The molecule has 1 aliphatic carbocycles. The third-order valence-electron chi connectivity index (χ3n) is 4.97. The van der Waals surface area contributed by atoms with Crippen molar-refractivity contribution in [2.45, 2.75) is 44.9 Å². The zero-order valence-electron chi connectivity index (χ0n) is 13.1. The number of benzene rings is 2. The molecular formula is C20H27N. The van der Waals surface area contributed by atoms with Crippen LogP contribution in [0.5, 0.6) is 0 Å². The molecule has 1 saturated carbocycles. The largest absolute Gasteiger partial charge is 0.316 e. The smallest absolute Gasteiger partial charge is 0.00147 e. The average Bonchev–Trinajstić information content (AvgIpc) is 2.55. The van der Waals surface area contributed by atoms with Crippen molar-refractivity contribution >= 4 is 10.8 Å². The second-order valence-electron chi connectivity index (χ2n) is 6.42. The van der Waals surface area contributed by atoms with Crippen LogP contribution in [0.4, 0.5) is 0 Å². The van der Waals surface area contributed by atoms with Gasteiger partial charge in [0.15, 0.2) is 0 Å². The predicted octanol–water partition coefficient (Wildman–Crippen LogP) is 5.11. The Morgan fingerprint density at radius 1 is 1.00 bits per heavy atom. The number of fused-ring (bicyclic) bond motifs is 1. The standard InChI is InChI=1S/C20H27N/c1-2-14-21-15-17-9-4-6-12-19(17)20-13-7-10-16-8-3-5-11-18(16)20/h3,5,7-8,10-11,13,17,19,21H,2,4,6,9,12,14-15H2,1H3. The second-order valence-corrected chi connectivity index (χ2v) is 6.42. The van der Waals surface area contributed by atoms with Gasteiger partial charge in [-0.2, -0.15) is 0 Å². The molecule has 0 amide bonds. The summed E-state index contributed by atoms with van der Waals surface area (Å²) in [6, 6.07) is 15.7. The molecule has 1 nitrogen and oxygen atoms in total. The molecule has 0 saturated heterocycles. The number of hydrogen-bond donors (Lipinski definition) is 1. The molecule has 2 unspecified atom stereocenters. The Balaban J connectivity index is 1.87. The summed E-state index contributed by atoms with van der Waals surface area (Å²) in [6.07, 6.45) is 6.75. The molecule has 0 radical (unpaired) electrons. The molecule has 1 heteroatoms. The third-order valence-corrected chi connectivity index (χ3v) is 4.97. The van der Waals surface area contributed by atoms with Gasteiger partial charge in [-0.1, -0.05) is 62.2 Å². The summed E-state index contributed by atoms with van der Waals surface area (Å²) in [5, 5.41) is 6.51. The van der Waals surface area contributed by atoms with E-state index in [1.54, 1.807) is 5.56 Å². The number of rotatable bonds is 5. The van der Waals surface area contributed by atoms with Crippen molar-refractivity contribution in [3.63, 3.8) is 0 Å². The van der Waals surface area contributed by atoms with Crippen LogP contribution in [0, 0.1) is 5.92 Å². The topological polar surface area (TPSA) is 12.0 Å². The highest BCUT2D eigenvalue weighted by atomic mass is 14.9. The molecule has 1 aliphatic rings. The summed E-state index contributed by atoms with van der Waals surface area (Å²) in [5.41, 5.74) is 1.58. The average molecular weight is 281 g/mol. The third kappa shape index (κ3) is 3.29. The Morgan fingerprint density at radius 3 is 2.71 bits per heavy atom. The normalized spacial score (nSPS) is 22.5. The zero-order chi connectivity index (χ0) is 14.5. The lowest BCUT2D eigenvalue weighted by Gasteiger charge is -2.33. The SMILES string of the molecule is CCCNCC1CCCCC1c1cccc2ccccc12. The zero-order valence-corrected chi connectivity index (χ0v) is 13.1. The molecule has 112 valence electrons. The summed E-state index contributed by atoms with van der Waals surface area (Å²) in [5.74, 6) is 1.53. The van der Waals surface area contributed by atoms with Gasteiger partial charge in [0.2, 0.25) is 0 Å². The van der Waals surface area contributed by atoms with Crippen LogP contribution in [0.1, 0.15) is 50.5 Å². The van der Waals surface area contributed by atoms with Gasteiger partial charge in [0, 0.05) is 0 Å². The van der Waals surface area contributed by atoms with Crippen LogP contribution >= 0.6 is 0 Å². The van der Waals surface area contributed by atoms with E-state index in [1.807, 2.05) is 0 Å². The van der Waals surface area contributed by atoms with E-state index in [4.69, 9.17) is 0 Å². The monoisotopic (exact) mass is 281 g/mol. The van der Waals surface area contributed by atoms with E-state index in [9.17, 15) is 0 Å². The van der Waals surface area contributed by atoms with Crippen LogP contribution < -0.4 is 5.32 Å². The molecule has 1 fully saturated rings. The van der Waals surface area contributed by atoms with Crippen LogP contribution in [0.3, 0.4) is 0 Å². The minimum atomic E-state index is 0.731. The van der Waals surface area contributed by atoms with Crippen molar-refractivity contribution in [3.05, 3.63) is 48.0 Å². The van der Waals surface area contributed by atoms with Crippen LogP contribution in [0.15, 0.2) is 42.5 Å². The van der Waals surface area contributed by atoms with E-state index in [-0.39, 0.29) is 0 Å². The lowest BCUT2D eigenvalue weighted by atomic mass is 9.74. The molecule has 0 aliphatic heterocycles. The van der Waals surface area contributed by atoms with Gasteiger partial charge in [0.1, 0.15) is 0 Å². The lowest BCUT2D eigenvalue weighted by Crippen LogP contribution is -2.30. The fourth-order valence-electron chi connectivity index (χ4n) is 3.90. The van der Waals surface area contributed by atoms with Gasteiger partial charge < -0.3 is 5.32 Å². The van der Waals surface area contributed by atoms with Crippen LogP contribution in [-0.4, -0.2) is 13.1 Å². The summed E-state index contributed by atoms with van der Waals surface area (Å²) in [4.78, 5) is 0. The van der Waals surface area contributed by atoms with Crippen molar-refractivity contribution in [2.75, 3.05) is 13.1 Å². The van der Waals surface area contributed by atoms with Crippen LogP contribution in [0.2, 0.25) is 0 Å². The predicted molar refractivity (Wildman–Crippen MR) is 91.8 cm³/mol. The molecule has 0 heterocycles. The number of nitrogens with one attached hydrogen (secondary N) is 1. The molecule has 0 bridgehead atoms. The summed E-state index contributed by atoms with van der Waals surface area (Å²) >= 11 is 0. The highest BCUT2D eigenvalue weighted by molar-refractivity contribution is 5.86. The van der Waals surface area contributed by atoms with Gasteiger partial charge in [-0.15, -0.1) is 0 Å². The second kappa shape index (κ2) is 7.09. The molecule has 3 rings (SSSR count). The fourth-order valence-corrected chi connectivity index (χ4v) is 3.90. The lowest BCUT2D eigenvalue weighted by molar-refractivity contribution is 0.297. The van der Waals surface area contributed by atoms with E-state index < -0.39 is 0 Å². The molecule has 2 aromatic carbocycles. The van der Waals surface area contributed by atoms with E-state index in [0.717, 1.165) is 18.4 Å². The Labute approximate surface area is 128 Å². The first-order chi connectivity index (χ1) is 10.4. The summed E-state index contributed by atoms with van der Waals surface area (Å²) in [6.45, 7) is 4.58. The summed E-state index contributed by atoms with van der Waals surface area (Å²) in [7, 11) is 0. The van der Waals surface area contributed by atoms with Crippen LogP contribution in [-0.2, 0) is 0 Å². The number of hydrogen-bond acceptors (Lipinski definition) is 1. The maximum Gasteiger partial charge on any atom is -0.00147 e. The minimum absolute atomic E-state index is 0.731. The fraction of sp³-hybridized carbons (Fsp3) is 0.500. The molecule has 0 aromatic heterocycles. The van der Waals surface area contributed by atoms with Crippen molar-refractivity contribution in [3.8, 4) is 0 Å². The molecular weight excluding hydrogens is 254 g/mol. The maximum absolute atomic E-state index is 3.65. The van der Waals surface area contributed by atoms with Crippen molar-refractivity contribution in [2.24, 2.45) is 5.92 Å². The van der Waals surface area contributed by atoms with Gasteiger partial charge in [0.05, 0.1) is 0 Å². The van der Waals surface area contributed by atoms with Crippen molar-refractivity contribution in [1.29, 1.82) is 0 Å². The Hall–Kier alpha value is -1.34.